The predicted octanol–water partition coefficient (Wildman–Crippen LogP) is 4.78. The Morgan fingerprint density at radius 1 is 0.963 bits per heavy atom. The summed E-state index contributed by atoms with van der Waals surface area (Å²) in [6.45, 7) is 0. The fourth-order valence-electron chi connectivity index (χ4n) is 2.66. The second kappa shape index (κ2) is 7.55. The average molecular weight is 376 g/mol. The number of nitrogens with one attached hydrogen (secondary N) is 2. The molecule has 0 saturated heterocycles. The molecule has 0 atom stereocenters. The van der Waals surface area contributed by atoms with E-state index >= 15 is 0 Å². The topological polar surface area (TPSA) is 67.4 Å². The Balaban J connectivity index is 1.44. The highest BCUT2D eigenvalue weighted by Crippen LogP contribution is 2.33. The van der Waals surface area contributed by atoms with Crippen molar-refractivity contribution in [1.29, 1.82) is 0 Å². The molecule has 6 heteroatoms. The fourth-order valence-corrected chi connectivity index (χ4v) is 3.45. The minimum Gasteiger partial charge on any atom is -0.457 e. The normalized spacial score (nSPS) is 12.7. The number of amides is 2. The van der Waals surface area contributed by atoms with Crippen LogP contribution in [-0.2, 0) is 4.79 Å². The molecule has 5 nitrogen and oxygen atoms in total. The molecule has 0 aliphatic carbocycles. The Kier molecular flexibility index (Phi) is 4.80. The molecular formula is C21H16N2O3S. The Hall–Kier alpha value is -3.25. The van der Waals surface area contributed by atoms with E-state index in [0.717, 1.165) is 16.3 Å². The number of ether oxygens (including phenoxy) is 1. The molecule has 2 amide bonds. The van der Waals surface area contributed by atoms with Gasteiger partial charge in [0.1, 0.15) is 11.5 Å². The first kappa shape index (κ1) is 17.2. The highest BCUT2D eigenvalue weighted by molar-refractivity contribution is 8.00. The number of carbonyl (C=O) groups excluding carboxylic acids is 2. The number of benzene rings is 3. The van der Waals surface area contributed by atoms with Crippen LogP contribution in [0, 0.1) is 0 Å². The van der Waals surface area contributed by atoms with Gasteiger partial charge in [-0.05, 0) is 54.6 Å². The SMILES string of the molecule is O=C1CSc2ccc(NC(=O)c3ccc(Oc4ccccc4)cc3)cc2N1. The third kappa shape index (κ3) is 4.12. The van der Waals surface area contributed by atoms with Crippen LogP contribution >= 0.6 is 11.8 Å². The van der Waals surface area contributed by atoms with Gasteiger partial charge < -0.3 is 15.4 Å². The standard InChI is InChI=1S/C21H16N2O3S/c24-20-13-27-19-11-8-15(12-18(19)23-20)22-21(25)14-6-9-17(10-7-14)26-16-4-2-1-3-5-16/h1-12H,13H2,(H,22,25)(H,23,24). The summed E-state index contributed by atoms with van der Waals surface area (Å²) < 4.78 is 5.73. The molecule has 0 unspecified atom stereocenters. The van der Waals surface area contributed by atoms with E-state index < -0.39 is 0 Å². The van der Waals surface area contributed by atoms with E-state index in [9.17, 15) is 9.59 Å². The van der Waals surface area contributed by atoms with Crippen LogP contribution in [0.5, 0.6) is 11.5 Å². The molecule has 1 heterocycles. The molecule has 0 spiro atoms. The van der Waals surface area contributed by atoms with Crippen LogP contribution in [-0.4, -0.2) is 17.6 Å². The average Bonchev–Trinajstić information content (AvgIpc) is 2.69. The van der Waals surface area contributed by atoms with Gasteiger partial charge in [-0.3, -0.25) is 9.59 Å². The van der Waals surface area contributed by atoms with E-state index in [1.165, 1.54) is 11.8 Å². The highest BCUT2D eigenvalue weighted by atomic mass is 32.2. The van der Waals surface area contributed by atoms with Gasteiger partial charge >= 0.3 is 0 Å². The summed E-state index contributed by atoms with van der Waals surface area (Å²) in [5, 5.41) is 5.67. The lowest BCUT2D eigenvalue weighted by Crippen LogP contribution is -2.19. The van der Waals surface area contributed by atoms with Gasteiger partial charge in [-0.15, -0.1) is 11.8 Å². The van der Waals surface area contributed by atoms with Crippen molar-refractivity contribution in [3.63, 3.8) is 0 Å². The van der Waals surface area contributed by atoms with Crippen molar-refractivity contribution in [3.8, 4) is 11.5 Å². The third-order valence-corrected chi connectivity index (χ3v) is 5.04. The fraction of sp³-hybridized carbons (Fsp3) is 0.0476. The molecule has 0 radical (unpaired) electrons. The maximum absolute atomic E-state index is 12.5. The third-order valence-electron chi connectivity index (χ3n) is 3.97. The summed E-state index contributed by atoms with van der Waals surface area (Å²) in [7, 11) is 0. The lowest BCUT2D eigenvalue weighted by molar-refractivity contribution is -0.113. The van der Waals surface area contributed by atoms with E-state index in [4.69, 9.17) is 4.74 Å². The number of thioether (sulfide) groups is 1. The van der Waals surface area contributed by atoms with Crippen molar-refractivity contribution < 1.29 is 14.3 Å². The van der Waals surface area contributed by atoms with Crippen LogP contribution in [0.25, 0.3) is 0 Å². The number of carbonyl (C=O) groups is 2. The number of hydrogen-bond acceptors (Lipinski definition) is 4. The molecular weight excluding hydrogens is 360 g/mol. The Morgan fingerprint density at radius 2 is 1.70 bits per heavy atom. The van der Waals surface area contributed by atoms with Gasteiger partial charge in [0.25, 0.3) is 5.91 Å². The van der Waals surface area contributed by atoms with Crippen molar-refractivity contribution >= 4 is 35.0 Å². The smallest absolute Gasteiger partial charge is 0.255 e. The number of rotatable bonds is 4. The van der Waals surface area contributed by atoms with Crippen LogP contribution in [0.4, 0.5) is 11.4 Å². The van der Waals surface area contributed by atoms with Gasteiger partial charge in [0.05, 0.1) is 11.4 Å². The summed E-state index contributed by atoms with van der Waals surface area (Å²) in [6, 6.07) is 21.9. The Labute approximate surface area is 160 Å². The number of fused-ring (bicyclic) bond motifs is 1. The number of hydrogen-bond donors (Lipinski definition) is 2. The molecule has 3 aromatic carbocycles. The zero-order chi connectivity index (χ0) is 18.6. The summed E-state index contributed by atoms with van der Waals surface area (Å²) in [6.07, 6.45) is 0. The van der Waals surface area contributed by atoms with Gasteiger partial charge in [0.15, 0.2) is 0 Å². The Morgan fingerprint density at radius 3 is 2.48 bits per heavy atom. The number of anilines is 2. The summed E-state index contributed by atoms with van der Waals surface area (Å²) in [5.41, 5.74) is 1.87. The van der Waals surface area contributed by atoms with E-state index in [2.05, 4.69) is 10.6 Å². The lowest BCUT2D eigenvalue weighted by Gasteiger charge is -2.17. The zero-order valence-electron chi connectivity index (χ0n) is 14.3. The van der Waals surface area contributed by atoms with Gasteiger partial charge in [0.2, 0.25) is 5.91 Å². The molecule has 4 rings (SSSR count). The monoisotopic (exact) mass is 376 g/mol. The van der Waals surface area contributed by atoms with E-state index in [-0.39, 0.29) is 11.8 Å². The first-order valence-electron chi connectivity index (χ1n) is 8.38. The molecule has 0 saturated carbocycles. The van der Waals surface area contributed by atoms with Crippen LogP contribution in [0.1, 0.15) is 10.4 Å². The van der Waals surface area contributed by atoms with Crippen molar-refractivity contribution in [3.05, 3.63) is 78.4 Å². The molecule has 1 aliphatic heterocycles. The minimum absolute atomic E-state index is 0.0371. The van der Waals surface area contributed by atoms with E-state index in [1.54, 1.807) is 30.3 Å². The molecule has 0 aromatic heterocycles. The van der Waals surface area contributed by atoms with E-state index in [1.807, 2.05) is 42.5 Å². The highest BCUT2D eigenvalue weighted by Gasteiger charge is 2.16. The van der Waals surface area contributed by atoms with Crippen LogP contribution < -0.4 is 15.4 Å². The van der Waals surface area contributed by atoms with Gasteiger partial charge in [-0.25, -0.2) is 0 Å². The van der Waals surface area contributed by atoms with Crippen LogP contribution in [0.2, 0.25) is 0 Å². The first-order chi connectivity index (χ1) is 13.2. The minimum atomic E-state index is -0.226. The van der Waals surface area contributed by atoms with Crippen molar-refractivity contribution in [2.24, 2.45) is 0 Å². The molecule has 27 heavy (non-hydrogen) atoms. The van der Waals surface area contributed by atoms with Gasteiger partial charge in [-0.1, -0.05) is 18.2 Å². The zero-order valence-corrected chi connectivity index (χ0v) is 15.1. The van der Waals surface area contributed by atoms with Crippen molar-refractivity contribution in [2.45, 2.75) is 4.90 Å². The summed E-state index contributed by atoms with van der Waals surface area (Å²) >= 11 is 1.48. The number of para-hydroxylation sites is 1. The molecule has 2 N–H and O–H groups in total. The molecule has 0 fully saturated rings. The molecule has 0 bridgehead atoms. The summed E-state index contributed by atoms with van der Waals surface area (Å²) in [5.74, 6) is 1.55. The second-order valence-corrected chi connectivity index (χ2v) is 6.96. The van der Waals surface area contributed by atoms with Gasteiger partial charge in [-0.2, -0.15) is 0 Å². The predicted molar refractivity (Wildman–Crippen MR) is 107 cm³/mol. The first-order valence-corrected chi connectivity index (χ1v) is 9.37. The Bertz CT molecular complexity index is 988. The van der Waals surface area contributed by atoms with Crippen molar-refractivity contribution in [2.75, 3.05) is 16.4 Å². The maximum Gasteiger partial charge on any atom is 0.255 e. The summed E-state index contributed by atoms with van der Waals surface area (Å²) in [4.78, 5) is 25.0. The van der Waals surface area contributed by atoms with Gasteiger partial charge in [0, 0.05) is 16.1 Å². The van der Waals surface area contributed by atoms with Crippen LogP contribution in [0.15, 0.2) is 77.7 Å². The largest absolute Gasteiger partial charge is 0.457 e. The lowest BCUT2D eigenvalue weighted by atomic mass is 10.2. The van der Waals surface area contributed by atoms with Crippen LogP contribution in [0.3, 0.4) is 0 Å². The molecule has 3 aromatic rings. The maximum atomic E-state index is 12.5. The van der Waals surface area contributed by atoms with Crippen molar-refractivity contribution in [1.82, 2.24) is 0 Å². The molecule has 134 valence electrons. The quantitative estimate of drug-likeness (QED) is 0.688. The molecule has 1 aliphatic rings. The second-order valence-electron chi connectivity index (χ2n) is 5.94. The van der Waals surface area contributed by atoms with E-state index in [0.29, 0.717) is 22.8 Å².